The van der Waals surface area contributed by atoms with Crippen molar-refractivity contribution in [2.75, 3.05) is 52.4 Å². The lowest BCUT2D eigenvalue weighted by Gasteiger charge is -2.32. The number of amides is 2. The van der Waals surface area contributed by atoms with Gasteiger partial charge in [0.25, 0.3) is 0 Å². The quantitative estimate of drug-likeness (QED) is 0.729. The molecule has 3 aliphatic heterocycles. The van der Waals surface area contributed by atoms with Gasteiger partial charge in [-0.1, -0.05) is 0 Å². The van der Waals surface area contributed by atoms with Crippen molar-refractivity contribution >= 4 is 11.8 Å². The molecule has 6 nitrogen and oxygen atoms in total. The van der Waals surface area contributed by atoms with Crippen LogP contribution in [0, 0.1) is 0 Å². The molecule has 0 saturated carbocycles. The van der Waals surface area contributed by atoms with Crippen molar-refractivity contribution in [2.24, 2.45) is 0 Å². The van der Waals surface area contributed by atoms with Gasteiger partial charge >= 0.3 is 0 Å². The number of carbonyl (C=O) groups is 2. The molecule has 1 atom stereocenters. The smallest absolute Gasteiger partial charge is 0.242 e. The Labute approximate surface area is 120 Å². The first-order chi connectivity index (χ1) is 9.74. The third-order valence-electron chi connectivity index (χ3n) is 4.68. The van der Waals surface area contributed by atoms with Gasteiger partial charge in [-0.15, -0.1) is 0 Å². The molecule has 0 bridgehead atoms. The summed E-state index contributed by atoms with van der Waals surface area (Å²) in [6.07, 6.45) is 2.58. The number of likely N-dealkylation sites (tertiary alicyclic amines) is 2. The van der Waals surface area contributed by atoms with Gasteiger partial charge in [0.15, 0.2) is 0 Å². The van der Waals surface area contributed by atoms with E-state index >= 15 is 0 Å². The molecule has 3 rings (SSSR count). The second-order valence-corrected chi connectivity index (χ2v) is 5.99. The molecule has 3 aliphatic rings. The van der Waals surface area contributed by atoms with Crippen LogP contribution in [0.1, 0.15) is 19.3 Å². The van der Waals surface area contributed by atoms with Crippen LogP contribution in [0.5, 0.6) is 0 Å². The van der Waals surface area contributed by atoms with Crippen LogP contribution in [-0.2, 0) is 9.59 Å². The Morgan fingerprint density at radius 1 is 1.20 bits per heavy atom. The van der Waals surface area contributed by atoms with Crippen molar-refractivity contribution in [2.45, 2.75) is 25.3 Å². The SMILES string of the molecule is O=C1CCCN1CC(=O)N1CCC(N2CCNCC2)C1. The normalized spacial score (nSPS) is 28.4. The molecule has 0 radical (unpaired) electrons. The topological polar surface area (TPSA) is 55.9 Å². The first-order valence-corrected chi connectivity index (χ1v) is 7.74. The molecule has 2 amide bonds. The van der Waals surface area contributed by atoms with Crippen LogP contribution in [0.15, 0.2) is 0 Å². The van der Waals surface area contributed by atoms with Crippen molar-refractivity contribution in [1.82, 2.24) is 20.0 Å². The molecule has 0 spiro atoms. The maximum absolute atomic E-state index is 12.3. The van der Waals surface area contributed by atoms with Crippen LogP contribution in [0.2, 0.25) is 0 Å². The van der Waals surface area contributed by atoms with Crippen LogP contribution in [0.4, 0.5) is 0 Å². The summed E-state index contributed by atoms with van der Waals surface area (Å²) < 4.78 is 0. The van der Waals surface area contributed by atoms with Gasteiger partial charge in [0, 0.05) is 58.3 Å². The fourth-order valence-electron chi connectivity index (χ4n) is 3.45. The Hall–Kier alpha value is -1.14. The zero-order chi connectivity index (χ0) is 13.9. The van der Waals surface area contributed by atoms with Gasteiger partial charge in [0.1, 0.15) is 0 Å². The molecular weight excluding hydrogens is 256 g/mol. The van der Waals surface area contributed by atoms with Crippen molar-refractivity contribution in [3.63, 3.8) is 0 Å². The number of carbonyl (C=O) groups excluding carboxylic acids is 2. The maximum atomic E-state index is 12.3. The fraction of sp³-hybridized carbons (Fsp3) is 0.857. The summed E-state index contributed by atoms with van der Waals surface area (Å²) in [5, 5.41) is 3.36. The highest BCUT2D eigenvalue weighted by atomic mass is 16.2. The molecule has 20 heavy (non-hydrogen) atoms. The average molecular weight is 280 g/mol. The molecule has 0 aromatic heterocycles. The molecule has 1 N–H and O–H groups in total. The highest BCUT2D eigenvalue weighted by molar-refractivity contribution is 5.86. The molecule has 0 aromatic rings. The third-order valence-corrected chi connectivity index (χ3v) is 4.68. The molecule has 0 aromatic carbocycles. The Bertz CT molecular complexity index is 381. The van der Waals surface area contributed by atoms with Crippen molar-refractivity contribution < 1.29 is 9.59 Å². The Morgan fingerprint density at radius 3 is 2.70 bits per heavy atom. The van der Waals surface area contributed by atoms with Crippen molar-refractivity contribution in [1.29, 1.82) is 0 Å². The number of nitrogens with zero attached hydrogens (tertiary/aromatic N) is 3. The minimum absolute atomic E-state index is 0.123. The predicted molar refractivity (Wildman–Crippen MR) is 75.2 cm³/mol. The molecule has 3 heterocycles. The van der Waals surface area contributed by atoms with E-state index in [1.807, 2.05) is 4.90 Å². The molecule has 6 heteroatoms. The van der Waals surface area contributed by atoms with Gasteiger partial charge in [-0.05, 0) is 12.8 Å². The minimum atomic E-state index is 0.123. The fourth-order valence-corrected chi connectivity index (χ4v) is 3.45. The van der Waals surface area contributed by atoms with Gasteiger partial charge in [-0.3, -0.25) is 14.5 Å². The first kappa shape index (κ1) is 13.8. The first-order valence-electron chi connectivity index (χ1n) is 7.74. The minimum Gasteiger partial charge on any atom is -0.340 e. The van der Waals surface area contributed by atoms with Crippen LogP contribution in [0.25, 0.3) is 0 Å². The largest absolute Gasteiger partial charge is 0.340 e. The molecule has 3 fully saturated rings. The Morgan fingerprint density at radius 2 is 2.00 bits per heavy atom. The van der Waals surface area contributed by atoms with Gasteiger partial charge in [-0.2, -0.15) is 0 Å². The number of piperazine rings is 1. The number of nitrogens with one attached hydrogen (secondary N) is 1. The lowest BCUT2D eigenvalue weighted by Crippen LogP contribution is -2.49. The molecule has 0 aliphatic carbocycles. The molecule has 3 saturated heterocycles. The van der Waals surface area contributed by atoms with E-state index in [0.29, 0.717) is 12.5 Å². The van der Waals surface area contributed by atoms with Gasteiger partial charge in [0.05, 0.1) is 6.54 Å². The summed E-state index contributed by atoms with van der Waals surface area (Å²) in [5.41, 5.74) is 0. The average Bonchev–Trinajstić information content (AvgIpc) is 3.10. The summed E-state index contributed by atoms with van der Waals surface area (Å²) in [6, 6.07) is 0.510. The van der Waals surface area contributed by atoms with E-state index in [0.717, 1.165) is 58.7 Å². The summed E-state index contributed by atoms with van der Waals surface area (Å²) in [5.74, 6) is 0.258. The number of hydrogen-bond acceptors (Lipinski definition) is 4. The summed E-state index contributed by atoms with van der Waals surface area (Å²) in [4.78, 5) is 30.0. The Kier molecular flexibility index (Phi) is 4.21. The molecule has 112 valence electrons. The lowest BCUT2D eigenvalue weighted by molar-refractivity contribution is -0.137. The van der Waals surface area contributed by atoms with Gasteiger partial charge < -0.3 is 15.1 Å². The highest BCUT2D eigenvalue weighted by Gasteiger charge is 2.32. The van der Waals surface area contributed by atoms with E-state index < -0.39 is 0 Å². The van der Waals surface area contributed by atoms with Gasteiger partial charge in [0.2, 0.25) is 11.8 Å². The number of rotatable bonds is 3. The number of hydrogen-bond donors (Lipinski definition) is 1. The highest BCUT2D eigenvalue weighted by Crippen LogP contribution is 2.17. The van der Waals surface area contributed by atoms with E-state index in [9.17, 15) is 9.59 Å². The van der Waals surface area contributed by atoms with E-state index in [4.69, 9.17) is 0 Å². The molecule has 1 unspecified atom stereocenters. The molecular formula is C14H24N4O2. The summed E-state index contributed by atoms with van der Waals surface area (Å²) in [7, 11) is 0. The van der Waals surface area contributed by atoms with E-state index in [1.165, 1.54) is 0 Å². The zero-order valence-corrected chi connectivity index (χ0v) is 12.0. The van der Waals surface area contributed by atoms with E-state index in [-0.39, 0.29) is 18.4 Å². The monoisotopic (exact) mass is 280 g/mol. The van der Waals surface area contributed by atoms with Gasteiger partial charge in [-0.25, -0.2) is 0 Å². The second kappa shape index (κ2) is 6.10. The van der Waals surface area contributed by atoms with E-state index in [2.05, 4.69) is 10.2 Å². The van der Waals surface area contributed by atoms with Crippen LogP contribution < -0.4 is 5.32 Å². The predicted octanol–water partition coefficient (Wildman–Crippen LogP) is -0.885. The third kappa shape index (κ3) is 2.96. The van der Waals surface area contributed by atoms with E-state index in [1.54, 1.807) is 4.90 Å². The second-order valence-electron chi connectivity index (χ2n) is 5.99. The maximum Gasteiger partial charge on any atom is 0.242 e. The van der Waals surface area contributed by atoms with Crippen LogP contribution in [0.3, 0.4) is 0 Å². The summed E-state index contributed by atoms with van der Waals surface area (Å²) in [6.45, 7) is 6.97. The zero-order valence-electron chi connectivity index (χ0n) is 12.0. The standard InChI is InChI=1S/C14H24N4O2/c19-13-2-1-6-17(13)11-14(20)18-7-3-12(10-18)16-8-4-15-5-9-16/h12,15H,1-11H2. The van der Waals surface area contributed by atoms with Crippen molar-refractivity contribution in [3.05, 3.63) is 0 Å². The summed E-state index contributed by atoms with van der Waals surface area (Å²) >= 11 is 0. The van der Waals surface area contributed by atoms with Crippen LogP contribution >= 0.6 is 0 Å². The Balaban J connectivity index is 1.48. The lowest BCUT2D eigenvalue weighted by atomic mass is 10.2. The van der Waals surface area contributed by atoms with Crippen molar-refractivity contribution in [3.8, 4) is 0 Å². The van der Waals surface area contributed by atoms with Crippen LogP contribution in [-0.4, -0.2) is 84.9 Å².